The molecule has 0 saturated heterocycles. The van der Waals surface area contributed by atoms with Crippen LogP contribution in [-0.2, 0) is 10.8 Å². The summed E-state index contributed by atoms with van der Waals surface area (Å²) in [6.45, 7) is 11.3. The van der Waals surface area contributed by atoms with Gasteiger partial charge in [-0.2, -0.15) is 0 Å². The molecule has 0 aromatic carbocycles. The number of fused-ring (bicyclic) bond motifs is 1. The van der Waals surface area contributed by atoms with Crippen molar-refractivity contribution in [1.29, 1.82) is 0 Å². The quantitative estimate of drug-likeness (QED) is 0.638. The van der Waals surface area contributed by atoms with Crippen LogP contribution in [0.25, 0.3) is 16.3 Å². The molecule has 1 fully saturated rings. The molecule has 0 radical (unpaired) electrons. The monoisotopic (exact) mass is 306 g/mol. The molecular weight excluding hydrogens is 280 g/mol. The van der Waals surface area contributed by atoms with Gasteiger partial charge in [0.15, 0.2) is 0 Å². The Morgan fingerprint density at radius 3 is 2.43 bits per heavy atom. The second-order valence-corrected chi connectivity index (χ2v) is 8.40. The third-order valence-electron chi connectivity index (χ3n) is 6.06. The van der Waals surface area contributed by atoms with Gasteiger partial charge in [0.1, 0.15) is 0 Å². The van der Waals surface area contributed by atoms with Crippen LogP contribution < -0.4 is 0 Å². The minimum atomic E-state index is 0.0675. The number of allylic oxidation sites excluding steroid dienone is 2. The minimum Gasteiger partial charge on any atom is -0.256 e. The maximum Gasteiger partial charge on any atom is 0.0755 e. The Labute approximate surface area is 139 Å². The Bertz CT molecular complexity index is 831. The van der Waals surface area contributed by atoms with Gasteiger partial charge in [0.05, 0.1) is 11.4 Å². The first-order chi connectivity index (χ1) is 10.8. The highest BCUT2D eigenvalue weighted by Crippen LogP contribution is 2.53. The summed E-state index contributed by atoms with van der Waals surface area (Å²) in [4.78, 5) is 9.97. The van der Waals surface area contributed by atoms with Gasteiger partial charge in [0, 0.05) is 28.1 Å². The van der Waals surface area contributed by atoms with E-state index in [2.05, 4.69) is 46.8 Å². The average molecular weight is 306 g/mol. The largest absolute Gasteiger partial charge is 0.256 e. The molecule has 2 heterocycles. The van der Waals surface area contributed by atoms with Crippen LogP contribution in [0.5, 0.6) is 0 Å². The number of aromatic nitrogens is 2. The first-order valence-electron chi connectivity index (χ1n) is 8.84. The fraction of sp³-hybridized carbons (Fsp3) is 0.524. The summed E-state index contributed by atoms with van der Waals surface area (Å²) in [5.74, 6) is 0. The van der Waals surface area contributed by atoms with Crippen LogP contribution in [-0.4, -0.2) is 9.97 Å². The molecule has 23 heavy (non-hydrogen) atoms. The number of rotatable bonds is 0. The summed E-state index contributed by atoms with van der Waals surface area (Å²) in [5, 5.41) is 2.62. The van der Waals surface area contributed by atoms with Crippen molar-refractivity contribution in [1.82, 2.24) is 9.97 Å². The zero-order chi connectivity index (χ0) is 16.4. The van der Waals surface area contributed by atoms with E-state index >= 15 is 0 Å². The zero-order valence-corrected chi connectivity index (χ0v) is 15.0. The van der Waals surface area contributed by atoms with Crippen molar-refractivity contribution in [3.8, 4) is 0 Å². The maximum atomic E-state index is 5.25. The van der Waals surface area contributed by atoms with Crippen LogP contribution in [0.15, 0.2) is 23.9 Å². The van der Waals surface area contributed by atoms with Crippen LogP contribution >= 0.6 is 0 Å². The number of nitrogens with zero attached hydrogens (tertiary/aromatic N) is 2. The van der Waals surface area contributed by atoms with Gasteiger partial charge >= 0.3 is 0 Å². The van der Waals surface area contributed by atoms with Crippen molar-refractivity contribution in [3.63, 3.8) is 0 Å². The molecule has 0 unspecified atom stereocenters. The van der Waals surface area contributed by atoms with E-state index in [-0.39, 0.29) is 10.8 Å². The van der Waals surface area contributed by atoms with Gasteiger partial charge in [0.25, 0.3) is 0 Å². The highest BCUT2D eigenvalue weighted by atomic mass is 14.8. The van der Waals surface area contributed by atoms with Crippen LogP contribution in [0.3, 0.4) is 0 Å². The standard InChI is InChI=1S/C21H26N2/c1-13-14(2)21(9-6-7-10-21)19-17-15(8-11-22-18(13)17)12-16(23-19)20(3,4)5/h8,11-12H,6-7,9-10H2,1-5H3. The number of hydrogen-bond donors (Lipinski definition) is 0. The fourth-order valence-electron chi connectivity index (χ4n) is 4.52. The molecule has 2 heteroatoms. The highest BCUT2D eigenvalue weighted by Gasteiger charge is 2.44. The second-order valence-electron chi connectivity index (χ2n) is 8.40. The van der Waals surface area contributed by atoms with Crippen molar-refractivity contribution >= 4 is 16.3 Å². The highest BCUT2D eigenvalue weighted by molar-refractivity contribution is 5.98. The summed E-state index contributed by atoms with van der Waals surface area (Å²) in [7, 11) is 0. The lowest BCUT2D eigenvalue weighted by Gasteiger charge is -2.37. The minimum absolute atomic E-state index is 0.0675. The summed E-state index contributed by atoms with van der Waals surface area (Å²) in [5.41, 5.74) is 6.76. The van der Waals surface area contributed by atoms with E-state index in [1.807, 2.05) is 6.20 Å². The first kappa shape index (κ1) is 14.9. The van der Waals surface area contributed by atoms with Crippen LogP contribution in [0, 0.1) is 0 Å². The van der Waals surface area contributed by atoms with Crippen LogP contribution in [0.1, 0.15) is 77.4 Å². The van der Waals surface area contributed by atoms with E-state index in [9.17, 15) is 0 Å². The van der Waals surface area contributed by atoms with Gasteiger partial charge in [-0.1, -0.05) is 39.2 Å². The van der Waals surface area contributed by atoms with Crippen molar-refractivity contribution < 1.29 is 0 Å². The molecule has 2 aromatic rings. The van der Waals surface area contributed by atoms with E-state index < -0.39 is 0 Å². The van der Waals surface area contributed by atoms with Crippen molar-refractivity contribution in [2.75, 3.05) is 0 Å². The Kier molecular flexibility index (Phi) is 3.01. The second kappa shape index (κ2) is 4.66. The molecule has 4 rings (SSSR count). The lowest BCUT2D eigenvalue weighted by molar-refractivity contribution is 0.494. The van der Waals surface area contributed by atoms with Crippen molar-refractivity contribution in [2.45, 2.75) is 71.1 Å². The summed E-state index contributed by atoms with van der Waals surface area (Å²) >= 11 is 0. The molecule has 120 valence electrons. The summed E-state index contributed by atoms with van der Waals surface area (Å²) in [6.07, 6.45) is 7.05. The van der Waals surface area contributed by atoms with Gasteiger partial charge in [-0.15, -0.1) is 0 Å². The molecule has 2 aliphatic rings. The first-order valence-corrected chi connectivity index (χ1v) is 8.84. The Morgan fingerprint density at radius 2 is 1.78 bits per heavy atom. The van der Waals surface area contributed by atoms with Gasteiger partial charge in [-0.25, -0.2) is 0 Å². The molecule has 2 nitrogen and oxygen atoms in total. The number of pyridine rings is 2. The van der Waals surface area contributed by atoms with E-state index in [1.165, 1.54) is 59.0 Å². The van der Waals surface area contributed by atoms with Crippen molar-refractivity contribution in [3.05, 3.63) is 41.0 Å². The summed E-state index contributed by atoms with van der Waals surface area (Å²) in [6, 6.07) is 4.44. The molecule has 0 N–H and O–H groups in total. The van der Waals surface area contributed by atoms with Crippen LogP contribution in [0.2, 0.25) is 0 Å². The van der Waals surface area contributed by atoms with E-state index in [4.69, 9.17) is 9.97 Å². The van der Waals surface area contributed by atoms with E-state index in [1.54, 1.807) is 0 Å². The lowest BCUT2D eigenvalue weighted by Crippen LogP contribution is -2.31. The molecule has 1 spiro atoms. The third kappa shape index (κ3) is 1.93. The maximum absolute atomic E-state index is 5.25. The molecule has 0 amide bonds. The molecule has 1 saturated carbocycles. The Balaban J connectivity index is 2.14. The smallest absolute Gasteiger partial charge is 0.0755 e. The fourth-order valence-corrected chi connectivity index (χ4v) is 4.52. The van der Waals surface area contributed by atoms with Gasteiger partial charge in [0.2, 0.25) is 0 Å². The summed E-state index contributed by atoms with van der Waals surface area (Å²) < 4.78 is 0. The normalized spacial score (nSPS) is 19.9. The van der Waals surface area contributed by atoms with E-state index in [0.717, 1.165) is 5.69 Å². The SMILES string of the molecule is CC1=C(C)C2(CCCC2)c2nc(C(C)(C)C)cc3ccnc1c23. The molecule has 2 aliphatic carbocycles. The topological polar surface area (TPSA) is 25.8 Å². The van der Waals surface area contributed by atoms with Crippen LogP contribution in [0.4, 0.5) is 0 Å². The Morgan fingerprint density at radius 1 is 1.09 bits per heavy atom. The van der Waals surface area contributed by atoms with Gasteiger partial charge < -0.3 is 0 Å². The zero-order valence-electron chi connectivity index (χ0n) is 15.0. The molecule has 0 aliphatic heterocycles. The third-order valence-corrected chi connectivity index (χ3v) is 6.06. The van der Waals surface area contributed by atoms with E-state index in [0.29, 0.717) is 0 Å². The average Bonchev–Trinajstić information content (AvgIpc) is 3.00. The van der Waals surface area contributed by atoms with Crippen molar-refractivity contribution in [2.24, 2.45) is 0 Å². The molecule has 2 aromatic heterocycles. The Hall–Kier alpha value is -1.70. The molecule has 0 atom stereocenters. The van der Waals surface area contributed by atoms with Gasteiger partial charge in [-0.3, -0.25) is 9.97 Å². The molecular formula is C21H26N2. The number of hydrogen-bond acceptors (Lipinski definition) is 2. The lowest BCUT2D eigenvalue weighted by atomic mass is 9.68. The molecule has 0 bridgehead atoms. The predicted molar refractivity (Wildman–Crippen MR) is 96.7 cm³/mol. The predicted octanol–water partition coefficient (Wildman–Crippen LogP) is 5.55. The van der Waals surface area contributed by atoms with Gasteiger partial charge in [-0.05, 0) is 49.8 Å².